The summed E-state index contributed by atoms with van der Waals surface area (Å²) in [5, 5.41) is 0. The molecule has 138 valence electrons. The van der Waals surface area contributed by atoms with Gasteiger partial charge in [0.15, 0.2) is 0 Å². The number of rotatable bonds is 2. The third-order valence-corrected chi connectivity index (χ3v) is 6.59. The highest BCUT2D eigenvalue weighted by atomic mass is 14.4. The number of hydrogen-bond donors (Lipinski definition) is 0. The lowest BCUT2D eigenvalue weighted by molar-refractivity contribution is 0.591. The van der Waals surface area contributed by atoms with Crippen LogP contribution in [0.25, 0.3) is 16.7 Å². The van der Waals surface area contributed by atoms with Gasteiger partial charge in [0.2, 0.25) is 0 Å². The average Bonchev–Trinajstić information content (AvgIpc) is 2.96. The van der Waals surface area contributed by atoms with Crippen LogP contribution in [0.2, 0.25) is 0 Å². The summed E-state index contributed by atoms with van der Waals surface area (Å²) in [6.07, 6.45) is 5.89. The van der Waals surface area contributed by atoms with E-state index in [1.54, 1.807) is 5.57 Å². The summed E-state index contributed by atoms with van der Waals surface area (Å²) in [4.78, 5) is 0. The van der Waals surface area contributed by atoms with E-state index in [9.17, 15) is 0 Å². The fraction of sp³-hybridized carbons (Fsp3) is 0.214. The Kier molecular flexibility index (Phi) is 3.91. The first kappa shape index (κ1) is 17.3. The van der Waals surface area contributed by atoms with Crippen LogP contribution in [0.4, 0.5) is 0 Å². The molecule has 28 heavy (non-hydrogen) atoms. The molecule has 1 unspecified atom stereocenters. The Hall–Kier alpha value is -2.86. The fourth-order valence-corrected chi connectivity index (χ4v) is 4.87. The van der Waals surface area contributed by atoms with Crippen molar-refractivity contribution in [3.63, 3.8) is 0 Å². The van der Waals surface area contributed by atoms with E-state index in [2.05, 4.69) is 106 Å². The second-order valence-electron chi connectivity index (χ2n) is 8.72. The van der Waals surface area contributed by atoms with Gasteiger partial charge in [-0.25, -0.2) is 0 Å². The molecule has 2 aliphatic rings. The van der Waals surface area contributed by atoms with Gasteiger partial charge >= 0.3 is 0 Å². The van der Waals surface area contributed by atoms with Crippen molar-refractivity contribution in [3.05, 3.63) is 113 Å². The number of fused-ring (bicyclic) bond motifs is 2. The summed E-state index contributed by atoms with van der Waals surface area (Å²) < 4.78 is 0. The topological polar surface area (TPSA) is 0 Å². The van der Waals surface area contributed by atoms with Crippen molar-refractivity contribution in [2.45, 2.75) is 38.5 Å². The normalized spacial score (nSPS) is 19.5. The maximum absolute atomic E-state index is 2.41. The molecule has 0 bridgehead atoms. The van der Waals surface area contributed by atoms with Crippen LogP contribution in [0, 0.1) is 6.92 Å². The second-order valence-corrected chi connectivity index (χ2v) is 8.72. The molecule has 0 aliphatic heterocycles. The lowest BCUT2D eigenvalue weighted by Crippen LogP contribution is -2.19. The smallest absolute Gasteiger partial charge is 0.0121 e. The molecular weight excluding hydrogens is 336 g/mol. The molecule has 0 heterocycles. The average molecular weight is 363 g/mol. The number of hydrogen-bond acceptors (Lipinski definition) is 0. The standard InChI is InChI=1S/C28H26/c1-19-9-11-21(12-10-19)23-14-16-25-24-15-13-22(20-7-5-4-6-8-20)17-26(24)28(2,3)27(25)18-23/h4-17,23H,18H2,1-3H3. The van der Waals surface area contributed by atoms with Crippen molar-refractivity contribution in [1.82, 2.24) is 0 Å². The van der Waals surface area contributed by atoms with E-state index in [1.165, 1.54) is 39.0 Å². The molecular formula is C28H26. The zero-order valence-corrected chi connectivity index (χ0v) is 16.9. The fourth-order valence-electron chi connectivity index (χ4n) is 4.87. The zero-order chi connectivity index (χ0) is 19.3. The largest absolute Gasteiger partial charge is 0.0761 e. The second kappa shape index (κ2) is 6.34. The molecule has 3 aromatic carbocycles. The molecule has 0 N–H and O–H groups in total. The quantitative estimate of drug-likeness (QED) is 0.444. The molecule has 0 heteroatoms. The van der Waals surface area contributed by atoms with Gasteiger partial charge in [0, 0.05) is 11.3 Å². The molecule has 0 nitrogen and oxygen atoms in total. The zero-order valence-electron chi connectivity index (χ0n) is 16.9. The van der Waals surface area contributed by atoms with E-state index in [0.29, 0.717) is 5.92 Å². The van der Waals surface area contributed by atoms with Gasteiger partial charge in [0.1, 0.15) is 0 Å². The molecule has 0 aromatic heterocycles. The molecule has 5 rings (SSSR count). The predicted molar refractivity (Wildman–Crippen MR) is 120 cm³/mol. The Labute approximate surface area is 168 Å². The SMILES string of the molecule is Cc1ccc(C2C=CC3=C(C2)C(C)(C)c2cc(-c4ccccc4)ccc23)cc1. The summed E-state index contributed by atoms with van der Waals surface area (Å²) in [6, 6.07) is 26.8. The highest BCUT2D eigenvalue weighted by Crippen LogP contribution is 2.52. The van der Waals surface area contributed by atoms with Crippen LogP contribution >= 0.6 is 0 Å². The van der Waals surface area contributed by atoms with Gasteiger partial charge in [-0.1, -0.05) is 104 Å². The Morgan fingerprint density at radius 3 is 2.32 bits per heavy atom. The highest BCUT2D eigenvalue weighted by Gasteiger charge is 2.39. The van der Waals surface area contributed by atoms with Gasteiger partial charge in [-0.3, -0.25) is 0 Å². The Morgan fingerprint density at radius 2 is 1.57 bits per heavy atom. The Bertz CT molecular complexity index is 1090. The first-order valence-electron chi connectivity index (χ1n) is 10.2. The van der Waals surface area contributed by atoms with Crippen LogP contribution in [-0.2, 0) is 5.41 Å². The molecule has 0 amide bonds. The van der Waals surface area contributed by atoms with Crippen molar-refractivity contribution < 1.29 is 0 Å². The van der Waals surface area contributed by atoms with Crippen molar-refractivity contribution in [2.24, 2.45) is 0 Å². The molecule has 0 radical (unpaired) electrons. The minimum absolute atomic E-state index is 0.0726. The van der Waals surface area contributed by atoms with E-state index in [-0.39, 0.29) is 5.41 Å². The lowest BCUT2D eigenvalue weighted by Gasteiger charge is -2.29. The predicted octanol–water partition coefficient (Wildman–Crippen LogP) is 7.45. The molecule has 0 fully saturated rings. The van der Waals surface area contributed by atoms with Crippen molar-refractivity contribution in [3.8, 4) is 11.1 Å². The maximum atomic E-state index is 2.41. The summed E-state index contributed by atoms with van der Waals surface area (Å²) in [5.74, 6) is 0.474. The first-order valence-corrected chi connectivity index (χ1v) is 10.2. The minimum atomic E-state index is 0.0726. The van der Waals surface area contributed by atoms with Gasteiger partial charge < -0.3 is 0 Å². The monoisotopic (exact) mass is 362 g/mol. The van der Waals surface area contributed by atoms with Crippen molar-refractivity contribution in [1.29, 1.82) is 0 Å². The van der Waals surface area contributed by atoms with Gasteiger partial charge in [-0.15, -0.1) is 0 Å². The van der Waals surface area contributed by atoms with Crippen LogP contribution in [0.1, 0.15) is 48.4 Å². The minimum Gasteiger partial charge on any atom is -0.0761 e. The van der Waals surface area contributed by atoms with E-state index in [0.717, 1.165) is 6.42 Å². The van der Waals surface area contributed by atoms with Crippen molar-refractivity contribution >= 4 is 5.57 Å². The van der Waals surface area contributed by atoms with Crippen molar-refractivity contribution in [2.75, 3.05) is 0 Å². The summed E-state index contributed by atoms with van der Waals surface area (Å²) in [6.45, 7) is 6.95. The molecule has 2 aliphatic carbocycles. The summed E-state index contributed by atoms with van der Waals surface area (Å²) >= 11 is 0. The lowest BCUT2D eigenvalue weighted by atomic mass is 9.74. The van der Waals surface area contributed by atoms with Crippen LogP contribution in [0.3, 0.4) is 0 Å². The molecule has 0 spiro atoms. The Balaban J connectivity index is 1.53. The summed E-state index contributed by atoms with van der Waals surface area (Å²) in [5.41, 5.74) is 11.3. The van der Waals surface area contributed by atoms with E-state index >= 15 is 0 Å². The molecule has 3 aromatic rings. The van der Waals surface area contributed by atoms with Crippen LogP contribution in [-0.4, -0.2) is 0 Å². The third-order valence-electron chi connectivity index (χ3n) is 6.59. The molecule has 0 saturated carbocycles. The van der Waals surface area contributed by atoms with E-state index in [4.69, 9.17) is 0 Å². The molecule has 0 saturated heterocycles. The van der Waals surface area contributed by atoms with Gasteiger partial charge in [-0.05, 0) is 52.8 Å². The number of benzene rings is 3. The molecule has 1 atom stereocenters. The van der Waals surface area contributed by atoms with Gasteiger partial charge in [0.25, 0.3) is 0 Å². The van der Waals surface area contributed by atoms with Gasteiger partial charge in [-0.2, -0.15) is 0 Å². The Morgan fingerprint density at radius 1 is 0.821 bits per heavy atom. The van der Waals surface area contributed by atoms with Crippen LogP contribution < -0.4 is 0 Å². The third kappa shape index (κ3) is 2.67. The van der Waals surface area contributed by atoms with Crippen LogP contribution in [0.5, 0.6) is 0 Å². The number of allylic oxidation sites excluding steroid dienone is 4. The van der Waals surface area contributed by atoms with Gasteiger partial charge in [0.05, 0.1) is 0 Å². The van der Waals surface area contributed by atoms with E-state index in [1.807, 2.05) is 0 Å². The number of aryl methyl sites for hydroxylation is 1. The van der Waals surface area contributed by atoms with Crippen LogP contribution in [0.15, 0.2) is 90.5 Å². The highest BCUT2D eigenvalue weighted by molar-refractivity contribution is 5.88. The van der Waals surface area contributed by atoms with E-state index < -0.39 is 0 Å². The summed E-state index contributed by atoms with van der Waals surface area (Å²) in [7, 11) is 0. The maximum Gasteiger partial charge on any atom is 0.0121 e. The first-order chi connectivity index (χ1) is 13.5.